The summed E-state index contributed by atoms with van der Waals surface area (Å²) in [6.45, 7) is 3.87. The summed E-state index contributed by atoms with van der Waals surface area (Å²) in [6.07, 6.45) is 3.48. The molecule has 5 heteroatoms. The van der Waals surface area contributed by atoms with Gasteiger partial charge in [-0.15, -0.1) is 11.3 Å². The van der Waals surface area contributed by atoms with Gasteiger partial charge >= 0.3 is 0 Å². The minimum atomic E-state index is 0.0508. The second-order valence-corrected chi connectivity index (χ2v) is 3.91. The number of aryl methyl sites for hydroxylation is 1. The first kappa shape index (κ1) is 9.21. The second kappa shape index (κ2) is 3.79. The van der Waals surface area contributed by atoms with Crippen LogP contribution >= 0.6 is 11.3 Å². The third-order valence-corrected chi connectivity index (χ3v) is 2.49. The zero-order valence-electron chi connectivity index (χ0n) is 8.02. The number of hydrogen-bond donors (Lipinski definition) is 1. The number of rotatable bonds is 3. The Hall–Kier alpha value is -1.36. The summed E-state index contributed by atoms with van der Waals surface area (Å²) in [4.78, 5) is 8.27. The van der Waals surface area contributed by atoms with E-state index in [1.807, 2.05) is 19.2 Å². The average Bonchev–Trinajstić information content (AvgIpc) is 2.75. The summed E-state index contributed by atoms with van der Waals surface area (Å²) in [5.41, 5.74) is 0. The van der Waals surface area contributed by atoms with E-state index >= 15 is 0 Å². The molecule has 0 aliphatic carbocycles. The Balaban J connectivity index is 2.06. The average molecular weight is 209 g/mol. The lowest BCUT2D eigenvalue weighted by molar-refractivity contribution is 0.453. The molecular formula is C9H11N3OS. The molecule has 0 saturated carbocycles. The van der Waals surface area contributed by atoms with E-state index < -0.39 is 0 Å². The molecule has 0 amide bonds. The van der Waals surface area contributed by atoms with Crippen molar-refractivity contribution in [3.63, 3.8) is 0 Å². The summed E-state index contributed by atoms with van der Waals surface area (Å²) >= 11 is 1.56. The minimum Gasteiger partial charge on any atom is -0.444 e. The van der Waals surface area contributed by atoms with E-state index in [1.54, 1.807) is 23.7 Å². The quantitative estimate of drug-likeness (QED) is 0.844. The standard InChI is InChI=1S/C9H11N3OS/c1-6-5-11-8(13-6)7(2)12-9-10-3-4-14-9/h3-5,7H,1-2H3,(H,10,12). The molecule has 0 bridgehead atoms. The number of oxazole rings is 1. The lowest BCUT2D eigenvalue weighted by Crippen LogP contribution is -2.06. The van der Waals surface area contributed by atoms with E-state index in [0.29, 0.717) is 5.89 Å². The van der Waals surface area contributed by atoms with Crippen LogP contribution < -0.4 is 5.32 Å². The largest absolute Gasteiger partial charge is 0.444 e. The summed E-state index contributed by atoms with van der Waals surface area (Å²) < 4.78 is 5.40. The van der Waals surface area contributed by atoms with Crippen molar-refractivity contribution in [1.82, 2.24) is 9.97 Å². The number of nitrogens with zero attached hydrogens (tertiary/aromatic N) is 2. The number of nitrogens with one attached hydrogen (secondary N) is 1. The molecule has 0 fully saturated rings. The monoisotopic (exact) mass is 209 g/mol. The molecule has 0 aromatic carbocycles. The molecule has 0 radical (unpaired) electrons. The maximum atomic E-state index is 5.40. The van der Waals surface area contributed by atoms with Gasteiger partial charge in [-0.1, -0.05) is 0 Å². The van der Waals surface area contributed by atoms with Gasteiger partial charge in [-0.05, 0) is 13.8 Å². The van der Waals surface area contributed by atoms with Crippen LogP contribution in [-0.4, -0.2) is 9.97 Å². The maximum absolute atomic E-state index is 5.40. The fourth-order valence-electron chi connectivity index (χ4n) is 1.11. The molecule has 0 saturated heterocycles. The fraction of sp³-hybridized carbons (Fsp3) is 0.333. The zero-order valence-corrected chi connectivity index (χ0v) is 8.84. The van der Waals surface area contributed by atoms with Gasteiger partial charge in [-0.25, -0.2) is 9.97 Å². The first-order valence-electron chi connectivity index (χ1n) is 4.34. The van der Waals surface area contributed by atoms with Crippen LogP contribution in [0.5, 0.6) is 0 Å². The Labute approximate surface area is 86.0 Å². The molecule has 1 unspecified atom stereocenters. The van der Waals surface area contributed by atoms with Crippen molar-refractivity contribution in [1.29, 1.82) is 0 Å². The van der Waals surface area contributed by atoms with Crippen molar-refractivity contribution in [2.45, 2.75) is 19.9 Å². The van der Waals surface area contributed by atoms with Crippen LogP contribution in [0.25, 0.3) is 0 Å². The molecule has 2 heterocycles. The van der Waals surface area contributed by atoms with Crippen molar-refractivity contribution in [3.05, 3.63) is 29.4 Å². The van der Waals surface area contributed by atoms with Gasteiger partial charge in [0, 0.05) is 11.6 Å². The Bertz CT molecular complexity index is 396. The Kier molecular flexibility index (Phi) is 2.49. The first-order valence-corrected chi connectivity index (χ1v) is 5.22. The highest BCUT2D eigenvalue weighted by Gasteiger charge is 2.11. The summed E-state index contributed by atoms with van der Waals surface area (Å²) in [7, 11) is 0. The predicted molar refractivity (Wildman–Crippen MR) is 55.4 cm³/mol. The third kappa shape index (κ3) is 1.93. The van der Waals surface area contributed by atoms with E-state index in [-0.39, 0.29) is 6.04 Å². The summed E-state index contributed by atoms with van der Waals surface area (Å²) in [5, 5.41) is 6.01. The van der Waals surface area contributed by atoms with Gasteiger partial charge in [0.25, 0.3) is 0 Å². The lowest BCUT2D eigenvalue weighted by atomic mass is 10.3. The summed E-state index contributed by atoms with van der Waals surface area (Å²) in [5.74, 6) is 1.52. The lowest BCUT2D eigenvalue weighted by Gasteiger charge is -2.07. The Morgan fingerprint density at radius 3 is 2.93 bits per heavy atom. The van der Waals surface area contributed by atoms with Gasteiger partial charge in [-0.3, -0.25) is 0 Å². The highest BCUT2D eigenvalue weighted by Crippen LogP contribution is 2.20. The third-order valence-electron chi connectivity index (χ3n) is 1.78. The van der Waals surface area contributed by atoms with Crippen LogP contribution in [0.1, 0.15) is 24.6 Å². The molecule has 1 N–H and O–H groups in total. The molecule has 2 aromatic heterocycles. The molecule has 74 valence electrons. The molecule has 2 rings (SSSR count). The zero-order chi connectivity index (χ0) is 9.97. The number of aromatic nitrogens is 2. The Morgan fingerprint density at radius 2 is 2.36 bits per heavy atom. The van der Waals surface area contributed by atoms with Gasteiger partial charge < -0.3 is 9.73 Å². The molecule has 0 aliphatic heterocycles. The normalized spacial score (nSPS) is 12.7. The van der Waals surface area contributed by atoms with E-state index in [1.165, 1.54) is 0 Å². The SMILES string of the molecule is Cc1cnc(C(C)Nc2nccs2)o1. The van der Waals surface area contributed by atoms with Gasteiger partial charge in [0.15, 0.2) is 5.13 Å². The molecule has 4 nitrogen and oxygen atoms in total. The van der Waals surface area contributed by atoms with Gasteiger partial charge in [-0.2, -0.15) is 0 Å². The fourth-order valence-corrected chi connectivity index (χ4v) is 1.73. The highest BCUT2D eigenvalue weighted by atomic mass is 32.1. The van der Waals surface area contributed by atoms with Crippen LogP contribution in [0.3, 0.4) is 0 Å². The van der Waals surface area contributed by atoms with E-state index in [0.717, 1.165) is 10.9 Å². The van der Waals surface area contributed by atoms with Gasteiger partial charge in [0.1, 0.15) is 11.8 Å². The Morgan fingerprint density at radius 1 is 1.50 bits per heavy atom. The van der Waals surface area contributed by atoms with Crippen LogP contribution in [-0.2, 0) is 0 Å². The van der Waals surface area contributed by atoms with Crippen molar-refractivity contribution in [2.75, 3.05) is 5.32 Å². The molecular weight excluding hydrogens is 198 g/mol. The van der Waals surface area contributed by atoms with Gasteiger partial charge in [0.05, 0.1) is 6.20 Å². The van der Waals surface area contributed by atoms with E-state index in [4.69, 9.17) is 4.42 Å². The van der Waals surface area contributed by atoms with Gasteiger partial charge in [0.2, 0.25) is 5.89 Å². The molecule has 1 atom stereocenters. The number of anilines is 1. The molecule has 14 heavy (non-hydrogen) atoms. The highest BCUT2D eigenvalue weighted by molar-refractivity contribution is 7.13. The van der Waals surface area contributed by atoms with Crippen LogP contribution in [0.4, 0.5) is 5.13 Å². The van der Waals surface area contributed by atoms with Crippen molar-refractivity contribution in [3.8, 4) is 0 Å². The smallest absolute Gasteiger partial charge is 0.216 e. The number of thiazole rings is 1. The van der Waals surface area contributed by atoms with Crippen molar-refractivity contribution < 1.29 is 4.42 Å². The topological polar surface area (TPSA) is 51.0 Å². The van der Waals surface area contributed by atoms with Crippen molar-refractivity contribution >= 4 is 16.5 Å². The van der Waals surface area contributed by atoms with E-state index in [9.17, 15) is 0 Å². The maximum Gasteiger partial charge on any atom is 0.216 e. The molecule has 2 aromatic rings. The van der Waals surface area contributed by atoms with Crippen LogP contribution in [0, 0.1) is 6.92 Å². The minimum absolute atomic E-state index is 0.0508. The first-order chi connectivity index (χ1) is 6.75. The predicted octanol–water partition coefficient (Wildman–Crippen LogP) is 2.61. The molecule has 0 aliphatic rings. The second-order valence-electron chi connectivity index (χ2n) is 3.01. The molecule has 0 spiro atoms. The van der Waals surface area contributed by atoms with Crippen LogP contribution in [0.15, 0.2) is 22.2 Å². The number of hydrogen-bond acceptors (Lipinski definition) is 5. The van der Waals surface area contributed by atoms with Crippen LogP contribution in [0.2, 0.25) is 0 Å². The van der Waals surface area contributed by atoms with E-state index in [2.05, 4.69) is 15.3 Å². The summed E-state index contributed by atoms with van der Waals surface area (Å²) in [6, 6.07) is 0.0508. The van der Waals surface area contributed by atoms with Crippen molar-refractivity contribution in [2.24, 2.45) is 0 Å².